The normalized spacial score (nSPS) is 18.5. The fraction of sp³-hybridized carbons (Fsp3) is 0.600. The molecule has 0 amide bonds. The minimum atomic E-state index is -0.163. The number of rotatable bonds is 5. The maximum atomic E-state index is 13.4. The summed E-state index contributed by atoms with van der Waals surface area (Å²) in [5.41, 5.74) is 1.24. The Morgan fingerprint density at radius 1 is 1.37 bits per heavy atom. The molecule has 1 aliphatic heterocycles. The van der Waals surface area contributed by atoms with E-state index in [-0.39, 0.29) is 11.2 Å². The SMILES string of the molecule is CCNCC1(Cc2cc(F)ccc2Br)CCOCC1. The van der Waals surface area contributed by atoms with E-state index < -0.39 is 0 Å². The number of benzene rings is 1. The lowest BCUT2D eigenvalue weighted by Gasteiger charge is -2.38. The van der Waals surface area contributed by atoms with E-state index in [9.17, 15) is 4.39 Å². The number of hydrogen-bond donors (Lipinski definition) is 1. The number of hydrogen-bond acceptors (Lipinski definition) is 2. The summed E-state index contributed by atoms with van der Waals surface area (Å²) in [6.45, 7) is 5.66. The van der Waals surface area contributed by atoms with Crippen LogP contribution in [0.1, 0.15) is 25.3 Å². The van der Waals surface area contributed by atoms with Crippen LogP contribution in [0, 0.1) is 11.2 Å². The van der Waals surface area contributed by atoms with Crippen molar-refractivity contribution in [3.63, 3.8) is 0 Å². The van der Waals surface area contributed by atoms with Gasteiger partial charge in [0, 0.05) is 24.2 Å². The highest BCUT2D eigenvalue weighted by Gasteiger charge is 2.32. The van der Waals surface area contributed by atoms with Crippen LogP contribution < -0.4 is 5.32 Å². The van der Waals surface area contributed by atoms with Gasteiger partial charge in [0.1, 0.15) is 5.82 Å². The maximum absolute atomic E-state index is 13.4. The van der Waals surface area contributed by atoms with Gasteiger partial charge >= 0.3 is 0 Å². The number of ether oxygens (including phenoxy) is 1. The first kappa shape index (κ1) is 14.9. The van der Waals surface area contributed by atoms with Gasteiger partial charge in [-0.15, -0.1) is 0 Å². The Labute approximate surface area is 122 Å². The molecule has 0 unspecified atom stereocenters. The highest BCUT2D eigenvalue weighted by Crippen LogP contribution is 2.36. The molecule has 1 aliphatic rings. The molecular formula is C15H21BrFNO. The average Bonchev–Trinajstić information content (AvgIpc) is 2.42. The molecule has 1 heterocycles. The van der Waals surface area contributed by atoms with Crippen LogP contribution in [-0.4, -0.2) is 26.3 Å². The Bertz CT molecular complexity index is 419. The zero-order valence-electron chi connectivity index (χ0n) is 11.3. The van der Waals surface area contributed by atoms with Crippen molar-refractivity contribution < 1.29 is 9.13 Å². The summed E-state index contributed by atoms with van der Waals surface area (Å²) in [5.74, 6) is -0.163. The smallest absolute Gasteiger partial charge is 0.123 e. The molecule has 0 aliphatic carbocycles. The molecule has 0 aromatic heterocycles. The van der Waals surface area contributed by atoms with Crippen LogP contribution in [0.3, 0.4) is 0 Å². The molecule has 1 aromatic rings. The second-order valence-corrected chi connectivity index (χ2v) is 6.16. The van der Waals surface area contributed by atoms with Crippen molar-refractivity contribution in [3.05, 3.63) is 34.1 Å². The molecule has 1 aromatic carbocycles. The summed E-state index contributed by atoms with van der Waals surface area (Å²) in [7, 11) is 0. The van der Waals surface area contributed by atoms with E-state index in [1.165, 1.54) is 6.07 Å². The predicted molar refractivity (Wildman–Crippen MR) is 78.8 cm³/mol. The second-order valence-electron chi connectivity index (χ2n) is 5.31. The lowest BCUT2D eigenvalue weighted by Crippen LogP contribution is -2.40. The third-order valence-corrected chi connectivity index (χ3v) is 4.65. The largest absolute Gasteiger partial charge is 0.381 e. The van der Waals surface area contributed by atoms with Crippen molar-refractivity contribution in [1.29, 1.82) is 0 Å². The number of halogens is 2. The summed E-state index contributed by atoms with van der Waals surface area (Å²) in [6.07, 6.45) is 2.95. The maximum Gasteiger partial charge on any atom is 0.123 e. The zero-order chi connectivity index (χ0) is 13.7. The first-order valence-electron chi connectivity index (χ1n) is 6.88. The standard InChI is InChI=1S/C15H21BrFNO/c1-2-18-11-15(5-7-19-8-6-15)10-12-9-13(17)3-4-14(12)16/h3-4,9,18H,2,5-8,10-11H2,1H3. The topological polar surface area (TPSA) is 21.3 Å². The van der Waals surface area contributed by atoms with Crippen molar-refractivity contribution in [3.8, 4) is 0 Å². The molecule has 0 atom stereocenters. The predicted octanol–water partition coefficient (Wildman–Crippen LogP) is 3.54. The molecule has 106 valence electrons. The van der Waals surface area contributed by atoms with Crippen LogP contribution >= 0.6 is 15.9 Å². The summed E-state index contributed by atoms with van der Waals surface area (Å²) in [5, 5.41) is 3.45. The van der Waals surface area contributed by atoms with E-state index >= 15 is 0 Å². The van der Waals surface area contributed by atoms with Crippen molar-refractivity contribution >= 4 is 15.9 Å². The van der Waals surface area contributed by atoms with E-state index in [0.717, 1.165) is 55.6 Å². The van der Waals surface area contributed by atoms with Gasteiger partial charge in [-0.25, -0.2) is 4.39 Å². The fourth-order valence-electron chi connectivity index (χ4n) is 2.69. The molecule has 2 nitrogen and oxygen atoms in total. The highest BCUT2D eigenvalue weighted by molar-refractivity contribution is 9.10. The zero-order valence-corrected chi connectivity index (χ0v) is 12.9. The average molecular weight is 330 g/mol. The molecule has 0 bridgehead atoms. The minimum Gasteiger partial charge on any atom is -0.381 e. The van der Waals surface area contributed by atoms with Gasteiger partial charge in [-0.2, -0.15) is 0 Å². The summed E-state index contributed by atoms with van der Waals surface area (Å²) in [4.78, 5) is 0. The van der Waals surface area contributed by atoms with Gasteiger partial charge in [-0.1, -0.05) is 22.9 Å². The van der Waals surface area contributed by atoms with Gasteiger partial charge in [-0.05, 0) is 55.0 Å². The van der Waals surface area contributed by atoms with E-state index in [2.05, 4.69) is 28.2 Å². The van der Waals surface area contributed by atoms with Gasteiger partial charge in [-0.3, -0.25) is 0 Å². The van der Waals surface area contributed by atoms with Crippen molar-refractivity contribution in [1.82, 2.24) is 5.32 Å². The summed E-state index contributed by atoms with van der Waals surface area (Å²) >= 11 is 3.53. The molecule has 2 rings (SSSR count). The van der Waals surface area contributed by atoms with Gasteiger partial charge in [0.05, 0.1) is 0 Å². The Morgan fingerprint density at radius 3 is 2.79 bits per heavy atom. The van der Waals surface area contributed by atoms with Crippen molar-refractivity contribution in [2.24, 2.45) is 5.41 Å². The second kappa shape index (κ2) is 6.82. The third kappa shape index (κ3) is 4.01. The molecular weight excluding hydrogens is 309 g/mol. The van der Waals surface area contributed by atoms with E-state index in [1.807, 2.05) is 0 Å². The molecule has 1 N–H and O–H groups in total. The quantitative estimate of drug-likeness (QED) is 0.892. The third-order valence-electron chi connectivity index (χ3n) is 3.88. The van der Waals surface area contributed by atoms with Crippen molar-refractivity contribution in [2.75, 3.05) is 26.3 Å². The van der Waals surface area contributed by atoms with E-state index in [1.54, 1.807) is 12.1 Å². The van der Waals surface area contributed by atoms with Crippen LogP contribution in [0.2, 0.25) is 0 Å². The number of nitrogens with one attached hydrogen (secondary N) is 1. The van der Waals surface area contributed by atoms with Gasteiger partial charge in [0.2, 0.25) is 0 Å². The van der Waals surface area contributed by atoms with Crippen LogP contribution in [0.15, 0.2) is 22.7 Å². The molecule has 1 fully saturated rings. The highest BCUT2D eigenvalue weighted by atomic mass is 79.9. The van der Waals surface area contributed by atoms with Crippen LogP contribution in [-0.2, 0) is 11.2 Å². The fourth-order valence-corrected chi connectivity index (χ4v) is 3.08. The van der Waals surface area contributed by atoms with Crippen LogP contribution in [0.25, 0.3) is 0 Å². The first-order valence-corrected chi connectivity index (χ1v) is 7.67. The Kier molecular flexibility index (Phi) is 5.37. The molecule has 0 radical (unpaired) electrons. The monoisotopic (exact) mass is 329 g/mol. The van der Waals surface area contributed by atoms with Crippen LogP contribution in [0.5, 0.6) is 0 Å². The lowest BCUT2D eigenvalue weighted by atomic mass is 9.75. The molecule has 0 saturated carbocycles. The van der Waals surface area contributed by atoms with Gasteiger partial charge < -0.3 is 10.1 Å². The molecule has 4 heteroatoms. The molecule has 19 heavy (non-hydrogen) atoms. The summed E-state index contributed by atoms with van der Waals surface area (Å²) in [6, 6.07) is 4.94. The Balaban J connectivity index is 2.16. The van der Waals surface area contributed by atoms with Crippen molar-refractivity contribution in [2.45, 2.75) is 26.2 Å². The van der Waals surface area contributed by atoms with E-state index in [0.29, 0.717) is 0 Å². The van der Waals surface area contributed by atoms with Gasteiger partial charge in [0.25, 0.3) is 0 Å². The van der Waals surface area contributed by atoms with E-state index in [4.69, 9.17) is 4.74 Å². The van der Waals surface area contributed by atoms with Gasteiger partial charge in [0.15, 0.2) is 0 Å². The minimum absolute atomic E-state index is 0.163. The summed E-state index contributed by atoms with van der Waals surface area (Å²) < 4.78 is 19.9. The Morgan fingerprint density at radius 2 is 2.11 bits per heavy atom. The van der Waals surface area contributed by atoms with Crippen LogP contribution in [0.4, 0.5) is 4.39 Å². The Hall–Kier alpha value is -0.450. The first-order chi connectivity index (χ1) is 9.15. The molecule has 1 saturated heterocycles. The lowest BCUT2D eigenvalue weighted by molar-refractivity contribution is 0.0151. The molecule has 0 spiro atoms.